The number of aryl methyl sites for hydroxylation is 1. The molecule has 0 fully saturated rings. The van der Waals surface area contributed by atoms with Gasteiger partial charge in [0, 0.05) is 22.7 Å². The Bertz CT molecular complexity index is 313. The number of hydrogen-bond donors (Lipinski definition) is 2. The zero-order valence-electron chi connectivity index (χ0n) is 8.11. The molecular weight excluding hydrogens is 218 g/mol. The van der Waals surface area contributed by atoms with Gasteiger partial charge in [-0.05, 0) is 6.92 Å². The number of thioether (sulfide) groups is 1. The van der Waals surface area contributed by atoms with Crippen molar-refractivity contribution >= 4 is 29.0 Å². The van der Waals surface area contributed by atoms with Gasteiger partial charge >= 0.3 is 0 Å². The molecule has 3 N–H and O–H groups in total. The summed E-state index contributed by atoms with van der Waals surface area (Å²) in [6, 6.07) is 0. The number of rotatable bonds is 4. The number of nitrogens with one attached hydrogen (secondary N) is 1. The van der Waals surface area contributed by atoms with E-state index < -0.39 is 0 Å². The molecule has 0 bridgehead atoms. The molecular formula is C8H13N3OS2. The molecule has 4 nitrogen and oxygen atoms in total. The lowest BCUT2D eigenvalue weighted by molar-refractivity contribution is -0.121. The number of hydrazine groups is 1. The van der Waals surface area contributed by atoms with Gasteiger partial charge in [-0.25, -0.2) is 10.8 Å². The lowest BCUT2D eigenvalue weighted by Gasteiger charge is -2.06. The average molecular weight is 231 g/mol. The predicted molar refractivity (Wildman–Crippen MR) is 59.1 cm³/mol. The zero-order valence-corrected chi connectivity index (χ0v) is 9.74. The second-order valence-electron chi connectivity index (χ2n) is 2.95. The normalized spacial score (nSPS) is 12.5. The number of nitrogens with zero attached hydrogens (tertiary/aromatic N) is 1. The molecule has 0 aliphatic carbocycles. The van der Waals surface area contributed by atoms with Crippen LogP contribution in [0.4, 0.5) is 0 Å². The first-order valence-electron chi connectivity index (χ1n) is 4.20. The smallest absolute Gasteiger partial charge is 0.234 e. The summed E-state index contributed by atoms with van der Waals surface area (Å²) >= 11 is 3.20. The number of nitrogens with two attached hydrogens (primary N) is 1. The van der Waals surface area contributed by atoms with Crippen molar-refractivity contribution in [1.82, 2.24) is 10.4 Å². The Kier molecular flexibility index (Phi) is 4.37. The largest absolute Gasteiger partial charge is 0.294 e. The van der Waals surface area contributed by atoms with Crippen molar-refractivity contribution in [1.29, 1.82) is 0 Å². The van der Waals surface area contributed by atoms with Crippen LogP contribution in [-0.4, -0.2) is 16.1 Å². The summed E-state index contributed by atoms with van der Waals surface area (Å²) < 4.78 is 1.000. The van der Waals surface area contributed by atoms with Gasteiger partial charge in [-0.15, -0.1) is 11.3 Å². The molecule has 78 valence electrons. The minimum Gasteiger partial charge on any atom is -0.294 e. The van der Waals surface area contributed by atoms with Crippen molar-refractivity contribution in [3.05, 3.63) is 11.1 Å². The van der Waals surface area contributed by atoms with Crippen LogP contribution in [0.2, 0.25) is 0 Å². The molecule has 14 heavy (non-hydrogen) atoms. The predicted octanol–water partition coefficient (Wildman–Crippen LogP) is 1.31. The zero-order chi connectivity index (χ0) is 10.6. The molecule has 0 radical (unpaired) electrons. The molecule has 1 heterocycles. The van der Waals surface area contributed by atoms with Crippen LogP contribution < -0.4 is 11.3 Å². The molecule has 1 aromatic rings. The summed E-state index contributed by atoms with van der Waals surface area (Å²) in [6.45, 7) is 3.94. The third-order valence-electron chi connectivity index (χ3n) is 1.53. The van der Waals surface area contributed by atoms with Crippen LogP contribution in [0.15, 0.2) is 9.72 Å². The van der Waals surface area contributed by atoms with Gasteiger partial charge in [-0.3, -0.25) is 10.2 Å². The van der Waals surface area contributed by atoms with Crippen molar-refractivity contribution in [2.24, 2.45) is 5.84 Å². The fourth-order valence-electron chi connectivity index (χ4n) is 0.920. The maximum absolute atomic E-state index is 11.0. The summed E-state index contributed by atoms with van der Waals surface area (Å²) in [4.78, 5) is 15.3. The van der Waals surface area contributed by atoms with E-state index >= 15 is 0 Å². The van der Waals surface area contributed by atoms with E-state index in [1.807, 2.05) is 19.2 Å². The molecule has 1 atom stereocenters. The Morgan fingerprint density at radius 1 is 1.86 bits per heavy atom. The number of amides is 1. The molecule has 0 aromatic carbocycles. The van der Waals surface area contributed by atoms with E-state index in [1.54, 1.807) is 23.1 Å². The number of carbonyl (C=O) groups is 1. The quantitative estimate of drug-likeness (QED) is 0.355. The highest BCUT2D eigenvalue weighted by atomic mass is 32.2. The monoisotopic (exact) mass is 231 g/mol. The van der Waals surface area contributed by atoms with Crippen molar-refractivity contribution in [2.75, 3.05) is 0 Å². The molecule has 1 unspecified atom stereocenters. The summed E-state index contributed by atoms with van der Waals surface area (Å²) in [5, 5.41) is 2.20. The Balaban J connectivity index is 2.41. The third kappa shape index (κ3) is 3.65. The van der Waals surface area contributed by atoms with Crippen molar-refractivity contribution in [3.8, 4) is 0 Å². The molecule has 0 saturated heterocycles. The SMILES string of the molecule is Cc1csc(SC(C)CC(=O)NN)n1. The maximum Gasteiger partial charge on any atom is 0.234 e. The van der Waals surface area contributed by atoms with E-state index in [0.29, 0.717) is 6.42 Å². The third-order valence-corrected chi connectivity index (χ3v) is 3.72. The standard InChI is InChI=1S/C8H13N3OS2/c1-5-4-13-8(10-5)14-6(2)3-7(12)11-9/h4,6H,3,9H2,1-2H3,(H,11,12). The van der Waals surface area contributed by atoms with Gasteiger partial charge in [0.05, 0.1) is 0 Å². The first-order valence-corrected chi connectivity index (χ1v) is 5.96. The highest BCUT2D eigenvalue weighted by molar-refractivity contribution is 8.01. The van der Waals surface area contributed by atoms with Crippen LogP contribution >= 0.6 is 23.1 Å². The molecule has 0 saturated carbocycles. The van der Waals surface area contributed by atoms with E-state index in [4.69, 9.17) is 5.84 Å². The summed E-state index contributed by atoms with van der Waals surface area (Å²) in [5.41, 5.74) is 3.14. The lowest BCUT2D eigenvalue weighted by Crippen LogP contribution is -2.31. The van der Waals surface area contributed by atoms with Gasteiger partial charge in [-0.1, -0.05) is 18.7 Å². The Labute approximate surface area is 91.3 Å². The second kappa shape index (κ2) is 5.33. The summed E-state index contributed by atoms with van der Waals surface area (Å²) in [7, 11) is 0. The Morgan fingerprint density at radius 2 is 2.57 bits per heavy atom. The highest BCUT2D eigenvalue weighted by Gasteiger charge is 2.11. The Hall–Kier alpha value is -0.590. The molecule has 1 amide bonds. The van der Waals surface area contributed by atoms with Gasteiger partial charge in [-0.2, -0.15) is 0 Å². The van der Waals surface area contributed by atoms with Gasteiger partial charge in [0.15, 0.2) is 0 Å². The minimum atomic E-state index is -0.140. The van der Waals surface area contributed by atoms with Crippen LogP contribution in [-0.2, 0) is 4.79 Å². The van der Waals surface area contributed by atoms with E-state index in [1.165, 1.54) is 0 Å². The fraction of sp³-hybridized carbons (Fsp3) is 0.500. The van der Waals surface area contributed by atoms with Gasteiger partial charge in [0.2, 0.25) is 5.91 Å². The van der Waals surface area contributed by atoms with E-state index in [-0.39, 0.29) is 11.2 Å². The van der Waals surface area contributed by atoms with Crippen molar-refractivity contribution in [3.63, 3.8) is 0 Å². The van der Waals surface area contributed by atoms with Gasteiger partial charge in [0.1, 0.15) is 4.34 Å². The van der Waals surface area contributed by atoms with E-state index in [0.717, 1.165) is 10.0 Å². The van der Waals surface area contributed by atoms with E-state index in [2.05, 4.69) is 10.4 Å². The second-order valence-corrected chi connectivity index (χ2v) is 5.50. The van der Waals surface area contributed by atoms with Gasteiger partial charge in [0.25, 0.3) is 0 Å². The van der Waals surface area contributed by atoms with Crippen molar-refractivity contribution in [2.45, 2.75) is 29.9 Å². The summed E-state index contributed by atoms with van der Waals surface area (Å²) in [5.74, 6) is 4.86. The molecule has 1 rings (SSSR count). The van der Waals surface area contributed by atoms with E-state index in [9.17, 15) is 4.79 Å². The first kappa shape index (κ1) is 11.5. The average Bonchev–Trinajstić information content (AvgIpc) is 2.50. The van der Waals surface area contributed by atoms with Crippen LogP contribution in [0.3, 0.4) is 0 Å². The number of carbonyl (C=O) groups excluding carboxylic acids is 1. The topological polar surface area (TPSA) is 68.0 Å². The number of hydrogen-bond acceptors (Lipinski definition) is 5. The molecule has 6 heteroatoms. The van der Waals surface area contributed by atoms with Crippen LogP contribution in [0.25, 0.3) is 0 Å². The minimum absolute atomic E-state index is 0.140. The molecule has 1 aromatic heterocycles. The number of thiazole rings is 1. The van der Waals surface area contributed by atoms with Gasteiger partial charge < -0.3 is 0 Å². The highest BCUT2D eigenvalue weighted by Crippen LogP contribution is 2.27. The van der Waals surface area contributed by atoms with Crippen LogP contribution in [0.5, 0.6) is 0 Å². The maximum atomic E-state index is 11.0. The first-order chi connectivity index (χ1) is 6.61. The molecule has 0 aliphatic rings. The number of aromatic nitrogens is 1. The van der Waals surface area contributed by atoms with Crippen molar-refractivity contribution < 1.29 is 4.79 Å². The van der Waals surface area contributed by atoms with Crippen LogP contribution in [0.1, 0.15) is 19.0 Å². The fourth-order valence-corrected chi connectivity index (χ4v) is 3.08. The van der Waals surface area contributed by atoms with Crippen LogP contribution in [0, 0.1) is 6.92 Å². The molecule has 0 spiro atoms. The Morgan fingerprint density at radius 3 is 3.07 bits per heavy atom. The summed E-state index contributed by atoms with van der Waals surface area (Å²) in [6.07, 6.45) is 0.416. The molecule has 0 aliphatic heterocycles. The lowest BCUT2D eigenvalue weighted by atomic mass is 10.3.